The molecule has 1 amide bonds. The van der Waals surface area contributed by atoms with Crippen LogP contribution in [0.2, 0.25) is 0 Å². The van der Waals surface area contributed by atoms with Crippen molar-refractivity contribution >= 4 is 5.91 Å². The number of nitrogens with zero attached hydrogens (tertiary/aromatic N) is 1. The maximum absolute atomic E-state index is 12.4. The monoisotopic (exact) mass is 276 g/mol. The van der Waals surface area contributed by atoms with Crippen molar-refractivity contribution < 1.29 is 4.79 Å². The van der Waals surface area contributed by atoms with Crippen LogP contribution in [0.1, 0.15) is 44.7 Å². The Morgan fingerprint density at radius 1 is 1.25 bits per heavy atom. The Bertz CT molecular complexity index is 412. The number of amides is 1. The number of aryl methyl sites for hydroxylation is 1. The van der Waals surface area contributed by atoms with E-state index >= 15 is 0 Å². The minimum absolute atomic E-state index is 0.0705. The lowest BCUT2D eigenvalue weighted by Crippen LogP contribution is -2.44. The van der Waals surface area contributed by atoms with Gasteiger partial charge >= 0.3 is 0 Å². The Kier molecular flexibility index (Phi) is 6.73. The van der Waals surface area contributed by atoms with Crippen LogP contribution in [-0.4, -0.2) is 23.4 Å². The Labute approximate surface area is 123 Å². The molecule has 1 atom stereocenters. The van der Waals surface area contributed by atoms with Crippen LogP contribution in [-0.2, 0) is 11.3 Å². The molecule has 1 aromatic carbocycles. The number of hydrogen-bond acceptors (Lipinski definition) is 2. The van der Waals surface area contributed by atoms with Gasteiger partial charge in [-0.25, -0.2) is 0 Å². The second-order valence-electron chi connectivity index (χ2n) is 5.98. The smallest absolute Gasteiger partial charge is 0.239 e. The van der Waals surface area contributed by atoms with Gasteiger partial charge in [0.25, 0.3) is 0 Å². The maximum atomic E-state index is 12.4. The fourth-order valence-electron chi connectivity index (χ4n) is 2.29. The van der Waals surface area contributed by atoms with Crippen LogP contribution in [0.4, 0.5) is 0 Å². The molecule has 0 spiro atoms. The van der Waals surface area contributed by atoms with Gasteiger partial charge in [0.1, 0.15) is 0 Å². The molecule has 0 aliphatic rings. The minimum atomic E-state index is -0.382. The first-order chi connectivity index (χ1) is 9.43. The number of rotatable bonds is 7. The van der Waals surface area contributed by atoms with E-state index in [9.17, 15) is 4.79 Å². The third-order valence-electron chi connectivity index (χ3n) is 3.34. The summed E-state index contributed by atoms with van der Waals surface area (Å²) in [5.41, 5.74) is 8.43. The molecule has 20 heavy (non-hydrogen) atoms. The van der Waals surface area contributed by atoms with Gasteiger partial charge in [-0.1, -0.05) is 50.6 Å². The summed E-state index contributed by atoms with van der Waals surface area (Å²) >= 11 is 0. The van der Waals surface area contributed by atoms with Gasteiger partial charge in [-0.3, -0.25) is 4.79 Å². The fraction of sp³-hybridized carbons (Fsp3) is 0.588. The molecule has 0 aliphatic carbocycles. The largest absolute Gasteiger partial charge is 0.337 e. The highest BCUT2D eigenvalue weighted by atomic mass is 16.2. The Hall–Kier alpha value is -1.35. The van der Waals surface area contributed by atoms with E-state index in [1.54, 1.807) is 0 Å². The molecule has 0 saturated carbocycles. The quantitative estimate of drug-likeness (QED) is 0.831. The van der Waals surface area contributed by atoms with Crippen molar-refractivity contribution in [2.75, 3.05) is 6.54 Å². The van der Waals surface area contributed by atoms with Gasteiger partial charge in [0.2, 0.25) is 5.91 Å². The van der Waals surface area contributed by atoms with Crippen molar-refractivity contribution in [3.8, 4) is 0 Å². The van der Waals surface area contributed by atoms with E-state index in [-0.39, 0.29) is 11.9 Å². The van der Waals surface area contributed by atoms with Gasteiger partial charge < -0.3 is 10.6 Å². The van der Waals surface area contributed by atoms with Crippen LogP contribution in [0.3, 0.4) is 0 Å². The summed E-state index contributed by atoms with van der Waals surface area (Å²) in [7, 11) is 0. The first kappa shape index (κ1) is 16.7. The number of carbonyl (C=O) groups is 1. The van der Waals surface area contributed by atoms with Crippen LogP contribution < -0.4 is 5.73 Å². The zero-order chi connectivity index (χ0) is 15.1. The van der Waals surface area contributed by atoms with Gasteiger partial charge in [0.05, 0.1) is 6.04 Å². The zero-order valence-electron chi connectivity index (χ0n) is 13.2. The highest BCUT2D eigenvalue weighted by molar-refractivity contribution is 5.81. The molecule has 0 fully saturated rings. The highest BCUT2D eigenvalue weighted by Crippen LogP contribution is 2.11. The van der Waals surface area contributed by atoms with Crippen molar-refractivity contribution in [3.63, 3.8) is 0 Å². The molecule has 0 aromatic heterocycles. The van der Waals surface area contributed by atoms with Crippen molar-refractivity contribution in [2.45, 2.75) is 53.1 Å². The number of nitrogens with two attached hydrogens (primary N) is 1. The molecule has 1 unspecified atom stereocenters. The van der Waals surface area contributed by atoms with Crippen LogP contribution in [0.25, 0.3) is 0 Å². The van der Waals surface area contributed by atoms with Crippen molar-refractivity contribution in [3.05, 3.63) is 35.4 Å². The molecule has 0 aliphatic heterocycles. The Balaban J connectivity index is 2.72. The van der Waals surface area contributed by atoms with Crippen LogP contribution >= 0.6 is 0 Å². The van der Waals surface area contributed by atoms with E-state index in [1.807, 2.05) is 4.90 Å². The number of benzene rings is 1. The molecule has 112 valence electrons. The van der Waals surface area contributed by atoms with Crippen molar-refractivity contribution in [1.82, 2.24) is 4.90 Å². The predicted molar refractivity (Wildman–Crippen MR) is 84.3 cm³/mol. The molecule has 2 N–H and O–H groups in total. The second kappa shape index (κ2) is 8.05. The standard InChI is InChI=1S/C17H28N2O/c1-5-10-19(17(20)16(18)11-13(2)3)12-15-8-6-14(4)7-9-15/h6-9,13,16H,5,10-12,18H2,1-4H3. The average Bonchev–Trinajstić information content (AvgIpc) is 2.39. The first-order valence-corrected chi connectivity index (χ1v) is 7.54. The van der Waals surface area contributed by atoms with E-state index in [4.69, 9.17) is 5.73 Å². The lowest BCUT2D eigenvalue weighted by molar-refractivity contribution is -0.133. The minimum Gasteiger partial charge on any atom is -0.337 e. The van der Waals surface area contributed by atoms with Gasteiger partial charge in [0, 0.05) is 13.1 Å². The highest BCUT2D eigenvalue weighted by Gasteiger charge is 2.21. The zero-order valence-corrected chi connectivity index (χ0v) is 13.2. The van der Waals surface area contributed by atoms with Gasteiger partial charge in [-0.2, -0.15) is 0 Å². The van der Waals surface area contributed by atoms with Gasteiger partial charge in [-0.05, 0) is 31.2 Å². The normalized spacial score (nSPS) is 12.5. The van der Waals surface area contributed by atoms with Crippen LogP contribution in [0.15, 0.2) is 24.3 Å². The second-order valence-corrected chi connectivity index (χ2v) is 5.98. The number of hydrogen-bond donors (Lipinski definition) is 1. The predicted octanol–water partition coefficient (Wildman–Crippen LogP) is 3.11. The van der Waals surface area contributed by atoms with Gasteiger partial charge in [-0.15, -0.1) is 0 Å². The molecule has 3 heteroatoms. The maximum Gasteiger partial charge on any atom is 0.239 e. The summed E-state index contributed by atoms with van der Waals surface area (Å²) in [5, 5.41) is 0. The van der Waals surface area contributed by atoms with E-state index in [0.29, 0.717) is 12.5 Å². The lowest BCUT2D eigenvalue weighted by atomic mass is 10.0. The summed E-state index contributed by atoms with van der Waals surface area (Å²) in [6, 6.07) is 7.95. The summed E-state index contributed by atoms with van der Waals surface area (Å²) in [6.07, 6.45) is 1.69. The molecule has 1 aromatic rings. The molecule has 0 radical (unpaired) electrons. The summed E-state index contributed by atoms with van der Waals surface area (Å²) in [5.74, 6) is 0.512. The number of carbonyl (C=O) groups excluding carboxylic acids is 1. The first-order valence-electron chi connectivity index (χ1n) is 7.54. The summed E-state index contributed by atoms with van der Waals surface area (Å²) < 4.78 is 0. The van der Waals surface area contributed by atoms with Crippen LogP contribution in [0, 0.1) is 12.8 Å². The van der Waals surface area contributed by atoms with E-state index in [0.717, 1.165) is 24.9 Å². The van der Waals surface area contributed by atoms with E-state index in [2.05, 4.69) is 52.0 Å². The topological polar surface area (TPSA) is 46.3 Å². The van der Waals surface area contributed by atoms with Crippen LogP contribution in [0.5, 0.6) is 0 Å². The molecule has 0 heterocycles. The SMILES string of the molecule is CCCN(Cc1ccc(C)cc1)C(=O)C(N)CC(C)C. The van der Waals surface area contributed by atoms with Gasteiger partial charge in [0.15, 0.2) is 0 Å². The van der Waals surface area contributed by atoms with E-state index < -0.39 is 0 Å². The molecule has 0 bridgehead atoms. The van der Waals surface area contributed by atoms with Crippen molar-refractivity contribution in [1.29, 1.82) is 0 Å². The Morgan fingerprint density at radius 2 is 1.85 bits per heavy atom. The molecular weight excluding hydrogens is 248 g/mol. The fourth-order valence-corrected chi connectivity index (χ4v) is 2.29. The molecular formula is C17H28N2O. The average molecular weight is 276 g/mol. The van der Waals surface area contributed by atoms with E-state index in [1.165, 1.54) is 5.56 Å². The molecule has 0 saturated heterocycles. The Morgan fingerprint density at radius 3 is 2.35 bits per heavy atom. The van der Waals surface area contributed by atoms with Crippen molar-refractivity contribution in [2.24, 2.45) is 11.7 Å². The molecule has 3 nitrogen and oxygen atoms in total. The third-order valence-corrected chi connectivity index (χ3v) is 3.34. The third kappa shape index (κ3) is 5.33. The summed E-state index contributed by atoms with van der Waals surface area (Å²) in [6.45, 7) is 9.76. The summed E-state index contributed by atoms with van der Waals surface area (Å²) in [4.78, 5) is 14.3. The lowest BCUT2D eigenvalue weighted by Gasteiger charge is -2.26. The molecule has 1 rings (SSSR count).